The monoisotopic (exact) mass is 487 g/mol. The Morgan fingerprint density at radius 1 is 1.24 bits per heavy atom. The predicted molar refractivity (Wildman–Crippen MR) is 138 cm³/mol. The van der Waals surface area contributed by atoms with E-state index in [0.29, 0.717) is 35.6 Å². The van der Waals surface area contributed by atoms with Gasteiger partial charge in [0.25, 0.3) is 5.91 Å². The lowest BCUT2D eigenvalue weighted by atomic mass is 9.89. The number of thiazole rings is 1. The van der Waals surface area contributed by atoms with Crippen LogP contribution < -0.4 is 5.32 Å². The van der Waals surface area contributed by atoms with Gasteiger partial charge in [-0.1, -0.05) is 52.4 Å². The number of nitrogens with zero attached hydrogens (tertiary/aromatic N) is 2. The van der Waals surface area contributed by atoms with Crippen LogP contribution in [0.3, 0.4) is 0 Å². The summed E-state index contributed by atoms with van der Waals surface area (Å²) in [6, 6.07) is 1.96. The molecule has 1 N–H and O–H groups in total. The van der Waals surface area contributed by atoms with Crippen LogP contribution in [0, 0.1) is 18.8 Å². The van der Waals surface area contributed by atoms with Gasteiger partial charge in [-0.05, 0) is 51.0 Å². The maximum atomic E-state index is 13.2. The predicted octanol–water partition coefficient (Wildman–Crippen LogP) is 6.62. The Morgan fingerprint density at radius 2 is 2.00 bits per heavy atom. The van der Waals surface area contributed by atoms with E-state index in [2.05, 4.69) is 28.7 Å². The lowest BCUT2D eigenvalue weighted by molar-refractivity contribution is 0.0526. The van der Waals surface area contributed by atoms with Crippen LogP contribution in [0.2, 0.25) is 0 Å². The van der Waals surface area contributed by atoms with E-state index in [9.17, 15) is 9.59 Å². The molecule has 2 heterocycles. The number of esters is 1. The quantitative estimate of drug-likeness (QED) is 0.341. The molecule has 3 rings (SSSR count). The minimum atomic E-state index is -0.392. The number of rotatable bonds is 12. The summed E-state index contributed by atoms with van der Waals surface area (Å²) >= 11 is 1.30. The standard InChI is InChI=1S/C27H41N3O3S/c1-5-8-12-20(6-2)16-28-25(31)22-15-24(23-18-34-26(29-23)27(32)33-7-3)30(19(22)4)17-21-13-10-9-11-14-21/h15,18,20-21H,5-14,16-17H2,1-4H3,(H,28,31). The van der Waals surface area contributed by atoms with Crippen molar-refractivity contribution in [2.45, 2.75) is 92.0 Å². The molecule has 6 nitrogen and oxygen atoms in total. The summed E-state index contributed by atoms with van der Waals surface area (Å²) in [6.45, 7) is 10.1. The van der Waals surface area contributed by atoms with Gasteiger partial charge < -0.3 is 14.6 Å². The summed E-state index contributed by atoms with van der Waals surface area (Å²) in [5.41, 5.74) is 3.34. The smallest absolute Gasteiger partial charge is 0.367 e. The molecule has 0 aliphatic heterocycles. The van der Waals surface area contributed by atoms with Gasteiger partial charge in [-0.2, -0.15) is 0 Å². The Labute approximate surface area is 208 Å². The number of hydrogen-bond acceptors (Lipinski definition) is 5. The third-order valence-electron chi connectivity index (χ3n) is 7.09. The van der Waals surface area contributed by atoms with E-state index in [1.165, 1.54) is 56.3 Å². The van der Waals surface area contributed by atoms with Crippen molar-refractivity contribution in [2.24, 2.45) is 11.8 Å². The minimum absolute atomic E-state index is 0.0167. The largest absolute Gasteiger partial charge is 0.461 e. The molecule has 2 aromatic rings. The molecule has 1 aliphatic carbocycles. The fourth-order valence-corrected chi connectivity index (χ4v) is 5.61. The number of ether oxygens (including phenoxy) is 1. The molecule has 1 amide bonds. The third-order valence-corrected chi connectivity index (χ3v) is 7.91. The molecule has 34 heavy (non-hydrogen) atoms. The average molecular weight is 488 g/mol. The number of carbonyl (C=O) groups excluding carboxylic acids is 2. The third kappa shape index (κ3) is 6.71. The highest BCUT2D eigenvalue weighted by molar-refractivity contribution is 7.11. The Balaban J connectivity index is 1.86. The van der Waals surface area contributed by atoms with Gasteiger partial charge in [0, 0.05) is 24.2 Å². The van der Waals surface area contributed by atoms with Crippen molar-refractivity contribution in [3.63, 3.8) is 0 Å². The highest BCUT2D eigenvalue weighted by Gasteiger charge is 2.24. The summed E-state index contributed by atoms with van der Waals surface area (Å²) in [4.78, 5) is 30.0. The zero-order valence-corrected chi connectivity index (χ0v) is 22.1. The molecule has 188 valence electrons. The van der Waals surface area contributed by atoms with Crippen LogP contribution in [-0.4, -0.2) is 34.6 Å². The summed E-state index contributed by atoms with van der Waals surface area (Å²) in [7, 11) is 0. The normalized spacial score (nSPS) is 15.3. The fraction of sp³-hybridized carbons (Fsp3) is 0.667. The molecule has 1 saturated carbocycles. The van der Waals surface area contributed by atoms with Gasteiger partial charge in [-0.15, -0.1) is 11.3 Å². The van der Waals surface area contributed by atoms with Crippen LogP contribution >= 0.6 is 11.3 Å². The summed E-state index contributed by atoms with van der Waals surface area (Å²) in [5.74, 6) is 0.711. The maximum Gasteiger partial charge on any atom is 0.367 e. The minimum Gasteiger partial charge on any atom is -0.461 e. The number of amides is 1. The average Bonchev–Trinajstić information content (AvgIpc) is 3.45. The molecule has 0 saturated heterocycles. The first-order chi connectivity index (χ1) is 16.5. The van der Waals surface area contributed by atoms with Crippen LogP contribution in [0.4, 0.5) is 0 Å². The highest BCUT2D eigenvalue weighted by atomic mass is 32.1. The molecule has 0 spiro atoms. The number of unbranched alkanes of at least 4 members (excludes halogenated alkanes) is 1. The van der Waals surface area contributed by atoms with E-state index in [1.54, 1.807) is 6.92 Å². The first-order valence-corrected chi connectivity index (χ1v) is 14.0. The molecule has 0 radical (unpaired) electrons. The van der Waals surface area contributed by atoms with Crippen LogP contribution in [0.5, 0.6) is 0 Å². The Hall–Kier alpha value is -2.15. The number of hydrogen-bond donors (Lipinski definition) is 1. The van der Waals surface area contributed by atoms with Gasteiger partial charge in [0.15, 0.2) is 0 Å². The first kappa shape index (κ1) is 26.5. The van der Waals surface area contributed by atoms with Crippen LogP contribution in [0.25, 0.3) is 11.4 Å². The lowest BCUT2D eigenvalue weighted by Gasteiger charge is -2.24. The summed E-state index contributed by atoms with van der Waals surface area (Å²) in [5, 5.41) is 5.45. The summed E-state index contributed by atoms with van der Waals surface area (Å²) in [6.07, 6.45) is 10.9. The zero-order chi connectivity index (χ0) is 24.5. The molecule has 2 aromatic heterocycles. The second-order valence-corrected chi connectivity index (χ2v) is 10.4. The van der Waals surface area contributed by atoms with Crippen molar-refractivity contribution in [3.8, 4) is 11.4 Å². The fourth-order valence-electron chi connectivity index (χ4n) is 4.90. The van der Waals surface area contributed by atoms with Crippen molar-refractivity contribution in [3.05, 3.63) is 27.7 Å². The van der Waals surface area contributed by atoms with E-state index in [-0.39, 0.29) is 5.91 Å². The van der Waals surface area contributed by atoms with E-state index in [4.69, 9.17) is 4.74 Å². The second-order valence-electron chi connectivity index (χ2n) is 9.53. The molecule has 1 atom stereocenters. The number of carbonyl (C=O) groups is 2. The van der Waals surface area contributed by atoms with Gasteiger partial charge in [-0.25, -0.2) is 9.78 Å². The van der Waals surface area contributed by atoms with Gasteiger partial charge in [0.1, 0.15) is 0 Å². The second kappa shape index (κ2) is 13.1. The van der Waals surface area contributed by atoms with Gasteiger partial charge in [-0.3, -0.25) is 4.79 Å². The Bertz CT molecular complexity index is 943. The molecular formula is C27H41N3O3S. The molecule has 1 unspecified atom stereocenters. The Morgan fingerprint density at radius 3 is 2.68 bits per heavy atom. The van der Waals surface area contributed by atoms with E-state index < -0.39 is 5.97 Å². The molecule has 1 aliphatic rings. The number of aromatic nitrogens is 2. The van der Waals surface area contributed by atoms with Gasteiger partial charge >= 0.3 is 5.97 Å². The van der Waals surface area contributed by atoms with Crippen molar-refractivity contribution in [1.29, 1.82) is 0 Å². The molecule has 7 heteroatoms. The topological polar surface area (TPSA) is 73.2 Å². The van der Waals surface area contributed by atoms with Crippen molar-refractivity contribution in [2.75, 3.05) is 13.2 Å². The molecular weight excluding hydrogens is 446 g/mol. The van der Waals surface area contributed by atoms with E-state index >= 15 is 0 Å². The van der Waals surface area contributed by atoms with Crippen molar-refractivity contribution < 1.29 is 14.3 Å². The van der Waals surface area contributed by atoms with Gasteiger partial charge in [0.2, 0.25) is 5.01 Å². The van der Waals surface area contributed by atoms with Crippen LogP contribution in [-0.2, 0) is 11.3 Å². The highest BCUT2D eigenvalue weighted by Crippen LogP contribution is 2.32. The molecule has 0 bridgehead atoms. The van der Waals surface area contributed by atoms with E-state index in [0.717, 1.165) is 36.5 Å². The maximum absolute atomic E-state index is 13.2. The Kier molecular flexibility index (Phi) is 10.2. The van der Waals surface area contributed by atoms with Crippen LogP contribution in [0.1, 0.15) is 104 Å². The SMILES string of the molecule is CCCCC(CC)CNC(=O)c1cc(-c2csc(C(=O)OCC)n2)n(CC2CCCCC2)c1C. The molecule has 0 aromatic carbocycles. The molecule has 1 fully saturated rings. The number of nitrogens with one attached hydrogen (secondary N) is 1. The first-order valence-electron chi connectivity index (χ1n) is 13.1. The van der Waals surface area contributed by atoms with E-state index in [1.807, 2.05) is 18.4 Å². The zero-order valence-electron chi connectivity index (χ0n) is 21.3. The lowest BCUT2D eigenvalue weighted by Crippen LogP contribution is -2.29. The van der Waals surface area contributed by atoms with Gasteiger partial charge in [0.05, 0.1) is 23.6 Å². The van der Waals surface area contributed by atoms with Crippen LogP contribution in [0.15, 0.2) is 11.4 Å². The van der Waals surface area contributed by atoms with Crippen molar-refractivity contribution >= 4 is 23.2 Å². The summed E-state index contributed by atoms with van der Waals surface area (Å²) < 4.78 is 7.38. The van der Waals surface area contributed by atoms with Crippen molar-refractivity contribution in [1.82, 2.24) is 14.9 Å².